The van der Waals surface area contributed by atoms with Gasteiger partial charge in [0.2, 0.25) is 0 Å². The van der Waals surface area contributed by atoms with Crippen LogP contribution in [0.3, 0.4) is 0 Å². The highest BCUT2D eigenvalue weighted by Crippen LogP contribution is 2.23. The van der Waals surface area contributed by atoms with Gasteiger partial charge in [0.25, 0.3) is 5.56 Å². The first kappa shape index (κ1) is 15.5. The van der Waals surface area contributed by atoms with Crippen molar-refractivity contribution in [3.8, 4) is 0 Å². The Labute approximate surface area is 145 Å². The molecular weight excluding hydrogens is 318 g/mol. The molecule has 2 aromatic heterocycles. The van der Waals surface area contributed by atoms with E-state index in [4.69, 9.17) is 0 Å². The fourth-order valence-electron chi connectivity index (χ4n) is 3.59. The molecular formula is C19H21N3OS. The molecule has 5 heteroatoms. The lowest BCUT2D eigenvalue weighted by atomic mass is 10.0. The van der Waals surface area contributed by atoms with Crippen LogP contribution in [0.2, 0.25) is 0 Å². The van der Waals surface area contributed by atoms with Gasteiger partial charge in [0.1, 0.15) is 0 Å². The van der Waals surface area contributed by atoms with Crippen LogP contribution in [0.25, 0.3) is 4.96 Å². The zero-order chi connectivity index (χ0) is 16.4. The van der Waals surface area contributed by atoms with Crippen LogP contribution in [0.4, 0.5) is 0 Å². The predicted molar refractivity (Wildman–Crippen MR) is 97.5 cm³/mol. The van der Waals surface area contributed by atoms with Crippen molar-refractivity contribution in [2.75, 3.05) is 6.54 Å². The molecule has 0 amide bonds. The first-order valence-electron chi connectivity index (χ1n) is 8.53. The predicted octanol–water partition coefficient (Wildman–Crippen LogP) is 3.35. The van der Waals surface area contributed by atoms with E-state index in [1.165, 1.54) is 36.2 Å². The Morgan fingerprint density at radius 1 is 1.25 bits per heavy atom. The van der Waals surface area contributed by atoms with Gasteiger partial charge in [-0.15, -0.1) is 11.3 Å². The minimum Gasteiger partial charge on any atom is -0.295 e. The van der Waals surface area contributed by atoms with E-state index in [1.807, 2.05) is 5.38 Å². The molecule has 0 spiro atoms. The normalized spacial score (nSPS) is 18.4. The lowest BCUT2D eigenvalue weighted by molar-refractivity contribution is 0.232. The molecule has 0 radical (unpaired) electrons. The Morgan fingerprint density at radius 3 is 3.00 bits per heavy atom. The Morgan fingerprint density at radius 2 is 2.12 bits per heavy atom. The van der Waals surface area contributed by atoms with Gasteiger partial charge < -0.3 is 0 Å². The van der Waals surface area contributed by atoms with Gasteiger partial charge in [-0.05, 0) is 37.8 Å². The van der Waals surface area contributed by atoms with Gasteiger partial charge in [0, 0.05) is 30.2 Å². The van der Waals surface area contributed by atoms with Crippen LogP contribution in [0.15, 0.2) is 52.8 Å². The Balaban J connectivity index is 1.45. The van der Waals surface area contributed by atoms with Crippen molar-refractivity contribution < 1.29 is 0 Å². The first-order chi connectivity index (χ1) is 11.8. The number of hydrogen-bond acceptors (Lipinski definition) is 4. The number of rotatable bonds is 5. The second-order valence-electron chi connectivity index (χ2n) is 6.43. The molecule has 1 saturated heterocycles. The SMILES string of the molecule is O=c1cc(CN2CCCC2CCc2ccccc2)nc2sccn12. The third-order valence-corrected chi connectivity index (χ3v) is 5.59. The second kappa shape index (κ2) is 6.87. The number of thiazole rings is 1. The van der Waals surface area contributed by atoms with Crippen LogP contribution in [-0.2, 0) is 13.0 Å². The van der Waals surface area contributed by atoms with Crippen LogP contribution in [0.1, 0.15) is 30.5 Å². The highest BCUT2D eigenvalue weighted by Gasteiger charge is 2.24. The zero-order valence-corrected chi connectivity index (χ0v) is 14.4. The van der Waals surface area contributed by atoms with Gasteiger partial charge in [-0.3, -0.25) is 14.1 Å². The van der Waals surface area contributed by atoms with Gasteiger partial charge in [-0.25, -0.2) is 4.98 Å². The summed E-state index contributed by atoms with van der Waals surface area (Å²) in [5.41, 5.74) is 2.33. The highest BCUT2D eigenvalue weighted by atomic mass is 32.1. The molecule has 3 heterocycles. The molecule has 0 aliphatic carbocycles. The summed E-state index contributed by atoms with van der Waals surface area (Å²) in [4.78, 5) is 20.1. The molecule has 1 aromatic carbocycles. The van der Waals surface area contributed by atoms with Crippen molar-refractivity contribution in [3.63, 3.8) is 0 Å². The van der Waals surface area contributed by atoms with E-state index >= 15 is 0 Å². The Bertz CT molecular complexity index is 871. The Kier molecular flexibility index (Phi) is 4.45. The van der Waals surface area contributed by atoms with Gasteiger partial charge in [-0.2, -0.15) is 0 Å². The monoisotopic (exact) mass is 339 g/mol. The van der Waals surface area contributed by atoms with Crippen LogP contribution < -0.4 is 5.56 Å². The summed E-state index contributed by atoms with van der Waals surface area (Å²) in [5.74, 6) is 0. The lowest BCUT2D eigenvalue weighted by Gasteiger charge is -2.24. The third kappa shape index (κ3) is 3.28. The number of aromatic nitrogens is 2. The van der Waals surface area contributed by atoms with E-state index < -0.39 is 0 Å². The van der Waals surface area contributed by atoms with Crippen molar-refractivity contribution in [2.24, 2.45) is 0 Å². The number of fused-ring (bicyclic) bond motifs is 1. The summed E-state index contributed by atoms with van der Waals surface area (Å²) in [7, 11) is 0. The lowest BCUT2D eigenvalue weighted by Crippen LogP contribution is -2.30. The average molecular weight is 339 g/mol. The Hall–Kier alpha value is -1.98. The number of hydrogen-bond donors (Lipinski definition) is 0. The van der Waals surface area contributed by atoms with E-state index in [9.17, 15) is 4.79 Å². The van der Waals surface area contributed by atoms with E-state index in [0.29, 0.717) is 6.04 Å². The van der Waals surface area contributed by atoms with Crippen molar-refractivity contribution in [3.05, 3.63) is 69.6 Å². The standard InChI is InChI=1S/C19H21N3OS/c23-18-13-16(20-19-22(18)11-12-24-19)14-21-10-4-7-17(21)9-8-15-5-2-1-3-6-15/h1-3,5-6,11-13,17H,4,7-10,14H2. The number of likely N-dealkylation sites (tertiary alicyclic amines) is 1. The van der Waals surface area contributed by atoms with Gasteiger partial charge in [0.05, 0.1) is 5.69 Å². The van der Waals surface area contributed by atoms with Crippen LogP contribution in [0.5, 0.6) is 0 Å². The summed E-state index contributed by atoms with van der Waals surface area (Å²) < 4.78 is 1.62. The maximum absolute atomic E-state index is 12.1. The van der Waals surface area contributed by atoms with Crippen molar-refractivity contribution in [1.82, 2.24) is 14.3 Å². The number of benzene rings is 1. The molecule has 24 heavy (non-hydrogen) atoms. The van der Waals surface area contributed by atoms with Crippen LogP contribution in [0, 0.1) is 0 Å². The minimum atomic E-state index is 0.0243. The topological polar surface area (TPSA) is 37.6 Å². The van der Waals surface area contributed by atoms with Gasteiger partial charge in [0.15, 0.2) is 4.96 Å². The first-order valence-corrected chi connectivity index (χ1v) is 9.41. The third-order valence-electron chi connectivity index (χ3n) is 4.83. The largest absolute Gasteiger partial charge is 0.295 e. The van der Waals surface area contributed by atoms with Crippen molar-refractivity contribution in [2.45, 2.75) is 38.3 Å². The molecule has 0 saturated carbocycles. The van der Waals surface area contributed by atoms with E-state index in [-0.39, 0.29) is 5.56 Å². The summed E-state index contributed by atoms with van der Waals surface area (Å²) >= 11 is 1.52. The second-order valence-corrected chi connectivity index (χ2v) is 7.31. The summed E-state index contributed by atoms with van der Waals surface area (Å²) in [5, 5.41) is 1.91. The van der Waals surface area contributed by atoms with Crippen molar-refractivity contribution in [1.29, 1.82) is 0 Å². The maximum Gasteiger partial charge on any atom is 0.258 e. The highest BCUT2D eigenvalue weighted by molar-refractivity contribution is 7.15. The fraction of sp³-hybridized carbons (Fsp3) is 0.368. The molecule has 3 aromatic rings. The van der Waals surface area contributed by atoms with Crippen LogP contribution >= 0.6 is 11.3 Å². The van der Waals surface area contributed by atoms with Gasteiger partial charge in [-0.1, -0.05) is 30.3 Å². The fourth-order valence-corrected chi connectivity index (χ4v) is 4.32. The van der Waals surface area contributed by atoms with E-state index in [2.05, 4.69) is 40.2 Å². The van der Waals surface area contributed by atoms with Gasteiger partial charge >= 0.3 is 0 Å². The molecule has 0 N–H and O–H groups in total. The van der Waals surface area contributed by atoms with Crippen LogP contribution in [-0.4, -0.2) is 26.9 Å². The minimum absolute atomic E-state index is 0.0243. The van der Waals surface area contributed by atoms with E-state index in [0.717, 1.165) is 30.2 Å². The molecule has 1 fully saturated rings. The number of nitrogens with zero attached hydrogens (tertiary/aromatic N) is 3. The summed E-state index contributed by atoms with van der Waals surface area (Å²) in [6.07, 6.45) is 6.55. The molecule has 1 unspecified atom stereocenters. The average Bonchev–Trinajstić information content (AvgIpc) is 3.23. The summed E-state index contributed by atoms with van der Waals surface area (Å²) in [6.45, 7) is 1.88. The van der Waals surface area contributed by atoms with Crippen molar-refractivity contribution >= 4 is 16.3 Å². The summed E-state index contributed by atoms with van der Waals surface area (Å²) in [6, 6.07) is 13.0. The number of aryl methyl sites for hydroxylation is 1. The smallest absolute Gasteiger partial charge is 0.258 e. The molecule has 4 nitrogen and oxygen atoms in total. The van der Waals surface area contributed by atoms with E-state index in [1.54, 1.807) is 16.7 Å². The zero-order valence-electron chi connectivity index (χ0n) is 13.6. The maximum atomic E-state index is 12.1. The molecule has 4 rings (SSSR count). The molecule has 0 bridgehead atoms. The molecule has 1 aliphatic heterocycles. The molecule has 124 valence electrons. The molecule has 1 atom stereocenters. The molecule has 1 aliphatic rings. The quantitative estimate of drug-likeness (QED) is 0.715.